The van der Waals surface area contributed by atoms with Crippen LogP contribution in [0.5, 0.6) is 0 Å². The SMILES string of the molecule is C=C1NC(=O)C=CN1[C@@H]1O[C@@]2(CCP(=C)(C)C)CO[C@@H]1[C@@H]2O.C=C1NC(=O)C=CN1[C@@H]1O[C@H](CCP(=C)(C)C)[C@@H](O)[C@H]1Br.C=C1NC(=O)C=CN1[C@@H]1O[C@H](CCP(=C)(C)C)[C@@H](O)[C@H]1Cl.C=C1NC(=O)C=CN1[C@@H]1O[C@H](CCP(=C)(C)C)[C@@H](O)[C@H]1I.C=C1NC(=O)C=CN1[C@@H]1O[C@H](CCP(=C)(C)C)[C@@H](O)[C@]1(C)O.C=C1NC(=O)C=CN1[C@@H]1O[C@](C)(CCP(=C)(C)C)[C@@H](O)[C@H]1O. The highest BCUT2D eigenvalue weighted by Crippen LogP contribution is 2.50. The highest BCUT2D eigenvalue weighted by molar-refractivity contribution is 14.1. The predicted molar refractivity (Wildman–Crippen MR) is 540 cm³/mol. The second-order valence-corrected chi connectivity index (χ2v) is 67.7. The molecule has 724 valence electrons. The molecule has 7 fully saturated rings. The van der Waals surface area contributed by atoms with Crippen LogP contribution in [-0.4, -0.2) is 409 Å². The Morgan fingerprint density at radius 3 is 1.12 bits per heavy atom. The largest absolute Gasteiger partial charge is 0.389 e. The summed E-state index contributed by atoms with van der Waals surface area (Å²) in [6.07, 6.45) is 42.1. The third kappa shape index (κ3) is 29.6. The van der Waals surface area contributed by atoms with Crippen LogP contribution < -0.4 is 31.9 Å². The summed E-state index contributed by atoms with van der Waals surface area (Å²) in [4.78, 5) is 77.4. The monoisotopic (exact) mass is 2110 g/mol. The number of amides is 6. The number of carbonyl (C=O) groups is 6. The third-order valence-corrected chi connectivity index (χ3v) is 34.7. The molecule has 42 heteroatoms. The van der Waals surface area contributed by atoms with Crippen LogP contribution in [0.1, 0.15) is 52.4 Å². The molecule has 33 nitrogen and oxygen atoms in total. The molecule has 13 aliphatic heterocycles. The number of nitrogens with one attached hydrogen (secondary N) is 6. The van der Waals surface area contributed by atoms with E-state index < -0.39 is 143 Å². The number of aliphatic hydroxyl groups excluding tert-OH is 7. The summed E-state index contributed by atoms with van der Waals surface area (Å²) < 4.78 is 41.6. The smallest absolute Gasteiger partial charge is 0.250 e. The van der Waals surface area contributed by atoms with Crippen LogP contribution in [0.2, 0.25) is 0 Å². The highest BCUT2D eigenvalue weighted by Gasteiger charge is 2.63. The van der Waals surface area contributed by atoms with Crippen molar-refractivity contribution in [3.63, 3.8) is 0 Å². The van der Waals surface area contributed by atoms with E-state index in [4.69, 9.17) is 44.8 Å². The Hall–Kier alpha value is -4.80. The van der Waals surface area contributed by atoms with Crippen molar-refractivity contribution < 1.29 is 103 Å². The molecule has 0 aliphatic carbocycles. The minimum absolute atomic E-state index is 0.0877. The van der Waals surface area contributed by atoms with Gasteiger partial charge in [-0.2, -0.15) is 0 Å². The van der Waals surface area contributed by atoms with Crippen molar-refractivity contribution in [3.8, 4) is 0 Å². The topological polar surface area (TPSA) is 420 Å². The molecule has 14 N–H and O–H groups in total. The molecule has 7 saturated heterocycles. The maximum atomic E-state index is 11.3. The van der Waals surface area contributed by atoms with Gasteiger partial charge in [0.25, 0.3) is 35.4 Å². The summed E-state index contributed by atoms with van der Waals surface area (Å²) in [6, 6.07) is 0. The van der Waals surface area contributed by atoms with Crippen LogP contribution in [0.3, 0.4) is 0 Å². The summed E-state index contributed by atoms with van der Waals surface area (Å²) in [7, 11) is 0. The summed E-state index contributed by atoms with van der Waals surface area (Å²) >= 11 is 12.0. The van der Waals surface area contributed by atoms with Crippen molar-refractivity contribution >= 4 is 165 Å². The van der Waals surface area contributed by atoms with Gasteiger partial charge in [0.05, 0.1) is 57.6 Å². The van der Waals surface area contributed by atoms with Gasteiger partial charge in [0.2, 0.25) is 0 Å². The van der Waals surface area contributed by atoms with Gasteiger partial charge >= 0.3 is 0 Å². The lowest BCUT2D eigenvalue weighted by Gasteiger charge is -2.38. The molecular weight excluding hydrogens is 1980 g/mol. The Morgan fingerprint density at radius 1 is 0.411 bits per heavy atom. The van der Waals surface area contributed by atoms with Gasteiger partial charge in [-0.1, -0.05) is 78.0 Å². The zero-order chi connectivity index (χ0) is 96.9. The molecule has 0 radical (unpaired) electrons. The fourth-order valence-corrected chi connectivity index (χ4v) is 23.3. The van der Waals surface area contributed by atoms with Crippen LogP contribution in [-0.2, 0) is 61.9 Å². The van der Waals surface area contributed by atoms with Crippen LogP contribution in [0.4, 0.5) is 0 Å². The molecule has 0 spiro atoms. The first-order chi connectivity index (χ1) is 59.3. The fraction of sp³-hybridized carbons (Fsp3) is 0.586. The molecule has 13 aliphatic rings. The number of hydrogen-bond acceptors (Lipinski definition) is 27. The molecule has 0 saturated carbocycles. The summed E-state index contributed by atoms with van der Waals surface area (Å²) in [5.74, 6) is 0.985. The first-order valence-corrected chi connectivity index (χ1v) is 63.1. The van der Waals surface area contributed by atoms with Gasteiger partial charge in [0.1, 0.15) is 94.4 Å². The zero-order valence-electron chi connectivity index (χ0n) is 76.6. The minimum Gasteiger partial charge on any atom is -0.389 e. The Bertz CT molecular complexity index is 4470. The predicted octanol–water partition coefficient (Wildman–Crippen LogP) is 4.97. The lowest BCUT2D eigenvalue weighted by molar-refractivity contribution is -0.182. The number of fused-ring (bicyclic) bond motifs is 2. The number of carbonyl (C=O) groups excluding carboxylic acids is 6. The lowest BCUT2D eigenvalue weighted by atomic mass is 9.94. The molecule has 13 rings (SSSR count). The van der Waals surface area contributed by atoms with Crippen molar-refractivity contribution in [1.29, 1.82) is 0 Å². The van der Waals surface area contributed by atoms with Crippen molar-refractivity contribution in [3.05, 3.63) is 148 Å². The van der Waals surface area contributed by atoms with Crippen molar-refractivity contribution in [2.75, 3.05) is 124 Å². The molecule has 0 aromatic heterocycles. The molecular formula is C87H139BrClIN12O21P6. The standard InChI is InChI=1S/C15H23N2O4P.2C15H25N2O4P.C14H22BrN2O3P.C14H22ClN2O3P.C14H22IN2O3P/c1-10-16-11(18)5-7-17(10)14-12-13(19)15(21-14,9-20-12)6-8-22(2,3)4;1-10-16-12(18)6-8-17(10)14-15(2,20)13(19)11(21-14)7-9-22(3,4)5;1-10-16-11(18)6-8-17(10)14-12(19)13(20)15(2,21-14)7-9-22(3,4)5;3*1-9-16-11(18)5-7-17(9)14-12(15)13(19)10(20-14)6-8-21(2,3)4/h5,7,12-14,19H,1-2,6,8-9H2,3-4H3,(H,16,18);6,8,11,13-14,19-20H,1,3,7,9H2,2,4-5H3,(H,16,18);6,8,12-14,19-20H,1,3,7,9H2,2,4-5H3,(H,16,18);3*5,7,10,12-14,19H,1-2,6,8H2,3-4H3,(H,16,18)/t12-,13+,14-,15+;11-,13-,14-,15+;12-,13+,14-,15-;3*10-,12-,13-,14-/m111111/s1. The Balaban J connectivity index is 0.000000191. The third-order valence-electron chi connectivity index (χ3n) is 23.1. The van der Waals surface area contributed by atoms with Gasteiger partial charge in [0, 0.05) is 73.7 Å². The van der Waals surface area contributed by atoms with E-state index in [1.54, 1.807) is 51.3 Å². The molecule has 0 aromatic carbocycles. The number of nitrogens with zero attached hydrogens (tertiary/aromatic N) is 6. The number of ether oxygens (including phenoxy) is 7. The summed E-state index contributed by atoms with van der Waals surface area (Å²) in [6.45, 7) is 45.2. The normalized spacial score (nSPS) is 35.0. The fourth-order valence-electron chi connectivity index (χ4n) is 15.4. The maximum absolute atomic E-state index is 11.3. The van der Waals surface area contributed by atoms with Crippen LogP contribution >= 0.6 is 91.4 Å². The van der Waals surface area contributed by atoms with E-state index >= 15 is 0 Å². The van der Waals surface area contributed by atoms with E-state index in [2.05, 4.69) is 228 Å². The number of alkyl halides is 3. The number of halogens is 3. The first-order valence-electron chi connectivity index (χ1n) is 42.2. The van der Waals surface area contributed by atoms with Gasteiger partial charge in [0.15, 0.2) is 31.1 Å². The summed E-state index contributed by atoms with van der Waals surface area (Å²) in [5.41, 5.74) is -3.00. The van der Waals surface area contributed by atoms with Crippen LogP contribution in [0, 0.1) is 0 Å². The molecule has 13 heterocycles. The highest BCUT2D eigenvalue weighted by atomic mass is 127. The van der Waals surface area contributed by atoms with Gasteiger partial charge < -0.3 is 135 Å². The average molecular weight is 2120 g/mol. The van der Waals surface area contributed by atoms with Crippen LogP contribution in [0.25, 0.3) is 0 Å². The van der Waals surface area contributed by atoms with E-state index in [0.29, 0.717) is 54.4 Å². The Morgan fingerprint density at radius 2 is 0.729 bits per heavy atom. The Kier molecular flexibility index (Phi) is 37.5. The van der Waals surface area contributed by atoms with E-state index in [1.165, 1.54) is 65.6 Å². The van der Waals surface area contributed by atoms with Gasteiger partial charge in [-0.3, -0.25) is 28.8 Å². The van der Waals surface area contributed by atoms with E-state index in [1.807, 2.05) is 0 Å². The lowest BCUT2D eigenvalue weighted by Crippen LogP contribution is -2.53. The van der Waals surface area contributed by atoms with Gasteiger partial charge in [-0.15, -0.1) is 90.7 Å². The second-order valence-electron chi connectivity index (χ2n) is 38.8. The van der Waals surface area contributed by atoms with E-state index in [0.717, 1.165) is 62.7 Å². The molecule has 129 heavy (non-hydrogen) atoms. The van der Waals surface area contributed by atoms with Crippen molar-refractivity contribution in [2.24, 2.45) is 0 Å². The number of hydrogen-bond donors (Lipinski definition) is 14. The molecule has 0 unspecified atom stereocenters. The van der Waals surface area contributed by atoms with E-state index in [9.17, 15) is 69.6 Å². The van der Waals surface area contributed by atoms with Crippen LogP contribution in [0.15, 0.2) is 148 Å². The van der Waals surface area contributed by atoms with Crippen molar-refractivity contribution in [2.45, 2.75) is 194 Å². The van der Waals surface area contributed by atoms with Gasteiger partial charge in [-0.25, -0.2) is 0 Å². The molecule has 0 aromatic rings. The van der Waals surface area contributed by atoms with E-state index in [-0.39, 0.29) is 75.0 Å². The molecule has 2 bridgehead atoms. The number of rotatable bonds is 24. The molecule has 24 atom stereocenters. The van der Waals surface area contributed by atoms with Gasteiger partial charge in [-0.05, 0) is 169 Å². The second kappa shape index (κ2) is 44.1. The maximum Gasteiger partial charge on any atom is 0.250 e. The zero-order valence-corrected chi connectivity index (χ0v) is 86.5. The van der Waals surface area contributed by atoms with Crippen molar-refractivity contribution in [1.82, 2.24) is 61.3 Å². The Labute approximate surface area is 788 Å². The summed E-state index contributed by atoms with van der Waals surface area (Å²) in [5, 5.41) is 98.4. The quantitative estimate of drug-likeness (QED) is 0.0344. The first kappa shape index (κ1) is 110. The number of aliphatic hydroxyl groups is 8. The molecule has 6 amide bonds. The average Bonchev–Trinajstić information content (AvgIpc) is 1.57. The minimum atomic E-state index is -1.47.